The third kappa shape index (κ3) is 2.47. The lowest BCUT2D eigenvalue weighted by Gasteiger charge is -2.37. The Balaban J connectivity index is 2.38. The molecule has 4 nitrogen and oxygen atoms in total. The van der Waals surface area contributed by atoms with Crippen LogP contribution in [0.5, 0.6) is 0 Å². The van der Waals surface area contributed by atoms with Crippen LogP contribution in [0.1, 0.15) is 37.3 Å². The van der Waals surface area contributed by atoms with Gasteiger partial charge in [0.15, 0.2) is 0 Å². The van der Waals surface area contributed by atoms with Crippen molar-refractivity contribution in [1.29, 1.82) is 5.26 Å². The number of ether oxygens (including phenoxy) is 1. The molecule has 1 aliphatic heterocycles. The van der Waals surface area contributed by atoms with Gasteiger partial charge in [-0.05, 0) is 37.0 Å². The SMILES string of the molecule is CCC1CC(C(=O)O)(c2ccc(C#N)cc2)CCO1. The van der Waals surface area contributed by atoms with Gasteiger partial charge in [-0.15, -0.1) is 0 Å². The number of nitrogens with zero attached hydrogens (tertiary/aromatic N) is 1. The highest BCUT2D eigenvalue weighted by atomic mass is 16.5. The van der Waals surface area contributed by atoms with Crippen molar-refractivity contribution in [2.45, 2.75) is 37.7 Å². The molecular formula is C15H17NO3. The molecule has 0 amide bonds. The van der Waals surface area contributed by atoms with Crippen molar-refractivity contribution in [3.63, 3.8) is 0 Å². The molecule has 1 saturated heterocycles. The molecule has 2 atom stereocenters. The van der Waals surface area contributed by atoms with Crippen molar-refractivity contribution >= 4 is 5.97 Å². The first-order valence-corrected chi connectivity index (χ1v) is 6.48. The van der Waals surface area contributed by atoms with Crippen LogP contribution in [0.15, 0.2) is 24.3 Å². The summed E-state index contributed by atoms with van der Waals surface area (Å²) in [5.74, 6) is -0.807. The molecule has 0 spiro atoms. The second-order valence-corrected chi connectivity index (χ2v) is 4.93. The minimum Gasteiger partial charge on any atom is -0.481 e. The summed E-state index contributed by atoms with van der Waals surface area (Å²) in [6, 6.07) is 8.91. The number of aliphatic carboxylic acids is 1. The Bertz CT molecular complexity index is 503. The van der Waals surface area contributed by atoms with Gasteiger partial charge in [0.2, 0.25) is 0 Å². The number of hydrogen-bond donors (Lipinski definition) is 1. The van der Waals surface area contributed by atoms with E-state index in [0.717, 1.165) is 12.0 Å². The Kier molecular flexibility index (Phi) is 3.87. The van der Waals surface area contributed by atoms with Crippen LogP contribution in [0.25, 0.3) is 0 Å². The number of carbonyl (C=O) groups is 1. The van der Waals surface area contributed by atoms with Gasteiger partial charge in [0.25, 0.3) is 0 Å². The molecule has 19 heavy (non-hydrogen) atoms. The Morgan fingerprint density at radius 1 is 1.53 bits per heavy atom. The van der Waals surface area contributed by atoms with Crippen molar-refractivity contribution in [3.8, 4) is 6.07 Å². The predicted octanol–water partition coefficient (Wildman–Crippen LogP) is 2.47. The van der Waals surface area contributed by atoms with Crippen LogP contribution in [0, 0.1) is 11.3 Å². The fourth-order valence-electron chi connectivity index (χ4n) is 2.66. The van der Waals surface area contributed by atoms with E-state index in [0.29, 0.717) is 25.0 Å². The summed E-state index contributed by atoms with van der Waals surface area (Å²) in [5.41, 5.74) is 0.427. The summed E-state index contributed by atoms with van der Waals surface area (Å²) in [5, 5.41) is 18.5. The summed E-state index contributed by atoms with van der Waals surface area (Å²) in [4.78, 5) is 11.8. The second-order valence-electron chi connectivity index (χ2n) is 4.93. The zero-order valence-electron chi connectivity index (χ0n) is 10.9. The lowest BCUT2D eigenvalue weighted by molar-refractivity contribution is -0.150. The largest absolute Gasteiger partial charge is 0.481 e. The second kappa shape index (κ2) is 5.41. The normalized spacial score (nSPS) is 26.6. The molecule has 100 valence electrons. The van der Waals surface area contributed by atoms with E-state index in [1.165, 1.54) is 0 Å². The summed E-state index contributed by atoms with van der Waals surface area (Å²) >= 11 is 0. The highest BCUT2D eigenvalue weighted by molar-refractivity contribution is 5.81. The van der Waals surface area contributed by atoms with Gasteiger partial charge in [0.1, 0.15) is 0 Å². The van der Waals surface area contributed by atoms with Crippen LogP contribution >= 0.6 is 0 Å². The number of nitriles is 1. The van der Waals surface area contributed by atoms with Crippen LogP contribution in [0.3, 0.4) is 0 Å². The third-order valence-electron chi connectivity index (χ3n) is 3.89. The zero-order valence-corrected chi connectivity index (χ0v) is 10.9. The number of hydrogen-bond acceptors (Lipinski definition) is 3. The number of carboxylic acids is 1. The average molecular weight is 259 g/mol. The molecule has 0 radical (unpaired) electrons. The van der Waals surface area contributed by atoms with E-state index in [9.17, 15) is 9.90 Å². The molecule has 0 aromatic heterocycles. The summed E-state index contributed by atoms with van der Waals surface area (Å²) < 4.78 is 5.58. The van der Waals surface area contributed by atoms with Crippen LogP contribution in [-0.2, 0) is 14.9 Å². The number of benzene rings is 1. The molecule has 1 aliphatic rings. The van der Waals surface area contributed by atoms with Gasteiger partial charge >= 0.3 is 5.97 Å². The maximum Gasteiger partial charge on any atom is 0.314 e. The third-order valence-corrected chi connectivity index (χ3v) is 3.89. The number of carboxylic acid groups (broad SMARTS) is 1. The van der Waals surface area contributed by atoms with E-state index < -0.39 is 11.4 Å². The van der Waals surface area contributed by atoms with E-state index in [2.05, 4.69) is 0 Å². The summed E-state index contributed by atoms with van der Waals surface area (Å²) in [7, 11) is 0. The van der Waals surface area contributed by atoms with Crippen molar-refractivity contribution in [3.05, 3.63) is 35.4 Å². The van der Waals surface area contributed by atoms with E-state index in [1.54, 1.807) is 24.3 Å². The van der Waals surface area contributed by atoms with Gasteiger partial charge in [-0.3, -0.25) is 4.79 Å². The summed E-state index contributed by atoms with van der Waals surface area (Å²) in [6.45, 7) is 2.46. The van der Waals surface area contributed by atoms with Gasteiger partial charge in [-0.2, -0.15) is 5.26 Å². The maximum absolute atomic E-state index is 11.8. The monoisotopic (exact) mass is 259 g/mol. The molecule has 1 N–H and O–H groups in total. The van der Waals surface area contributed by atoms with E-state index in [1.807, 2.05) is 13.0 Å². The van der Waals surface area contributed by atoms with Gasteiger partial charge in [0, 0.05) is 6.61 Å². The van der Waals surface area contributed by atoms with Crippen LogP contribution in [0.2, 0.25) is 0 Å². The molecular weight excluding hydrogens is 242 g/mol. The first-order chi connectivity index (χ1) is 9.12. The van der Waals surface area contributed by atoms with Gasteiger partial charge < -0.3 is 9.84 Å². The lowest BCUT2D eigenvalue weighted by atomic mass is 9.72. The standard InChI is InChI=1S/C15H17NO3/c1-2-13-9-15(14(17)18,7-8-19-13)12-5-3-11(10-16)4-6-12/h3-6,13H,2,7-9H2,1H3,(H,17,18). The van der Waals surface area contributed by atoms with E-state index in [-0.39, 0.29) is 6.10 Å². The smallest absolute Gasteiger partial charge is 0.314 e. The molecule has 2 rings (SSSR count). The minimum atomic E-state index is -0.882. The van der Waals surface area contributed by atoms with Gasteiger partial charge in [-0.25, -0.2) is 0 Å². The fraction of sp³-hybridized carbons (Fsp3) is 0.467. The maximum atomic E-state index is 11.8. The molecule has 1 fully saturated rings. The first-order valence-electron chi connectivity index (χ1n) is 6.48. The van der Waals surface area contributed by atoms with E-state index >= 15 is 0 Å². The molecule has 1 heterocycles. The molecule has 1 aromatic carbocycles. The van der Waals surface area contributed by atoms with Crippen LogP contribution in [0.4, 0.5) is 0 Å². The fourth-order valence-corrected chi connectivity index (χ4v) is 2.66. The Hall–Kier alpha value is -1.86. The minimum absolute atomic E-state index is 0.0134. The highest BCUT2D eigenvalue weighted by Gasteiger charge is 2.44. The van der Waals surface area contributed by atoms with Crippen molar-refractivity contribution in [2.75, 3.05) is 6.61 Å². The predicted molar refractivity (Wildman–Crippen MR) is 69.7 cm³/mol. The van der Waals surface area contributed by atoms with Crippen molar-refractivity contribution in [1.82, 2.24) is 0 Å². The first kappa shape index (κ1) is 13.6. The van der Waals surface area contributed by atoms with Gasteiger partial charge in [0.05, 0.1) is 23.2 Å². The van der Waals surface area contributed by atoms with Crippen LogP contribution < -0.4 is 0 Å². The lowest BCUT2D eigenvalue weighted by Crippen LogP contribution is -2.44. The average Bonchev–Trinajstić information content (AvgIpc) is 2.47. The Morgan fingerprint density at radius 3 is 2.74 bits per heavy atom. The van der Waals surface area contributed by atoms with Gasteiger partial charge in [-0.1, -0.05) is 19.1 Å². The quantitative estimate of drug-likeness (QED) is 0.905. The van der Waals surface area contributed by atoms with Crippen molar-refractivity contribution in [2.24, 2.45) is 0 Å². The molecule has 2 unspecified atom stereocenters. The topological polar surface area (TPSA) is 70.3 Å². The van der Waals surface area contributed by atoms with Crippen molar-refractivity contribution < 1.29 is 14.6 Å². The van der Waals surface area contributed by atoms with E-state index in [4.69, 9.17) is 10.00 Å². The molecule has 4 heteroatoms. The molecule has 0 bridgehead atoms. The summed E-state index contributed by atoms with van der Waals surface area (Å²) in [6.07, 6.45) is 1.77. The molecule has 1 aromatic rings. The highest BCUT2D eigenvalue weighted by Crippen LogP contribution is 2.38. The zero-order chi connectivity index (χ0) is 13.9. The molecule has 0 aliphatic carbocycles. The number of rotatable bonds is 3. The van der Waals surface area contributed by atoms with Crippen LogP contribution in [-0.4, -0.2) is 23.8 Å². The Labute approximate surface area is 112 Å². The Morgan fingerprint density at radius 2 is 2.21 bits per heavy atom. The molecule has 0 saturated carbocycles.